The van der Waals surface area contributed by atoms with Gasteiger partial charge in [-0.05, 0) is 38.0 Å². The first kappa shape index (κ1) is 18.3. The van der Waals surface area contributed by atoms with Gasteiger partial charge in [0.15, 0.2) is 0 Å². The number of aryl methyl sites for hydroxylation is 1. The smallest absolute Gasteiger partial charge is 0.322 e. The van der Waals surface area contributed by atoms with Crippen molar-refractivity contribution in [2.45, 2.75) is 32.7 Å². The third kappa shape index (κ3) is 3.82. The van der Waals surface area contributed by atoms with Gasteiger partial charge >= 0.3 is 6.03 Å². The van der Waals surface area contributed by atoms with Crippen LogP contribution >= 0.6 is 23.2 Å². The Kier molecular flexibility index (Phi) is 5.10. The normalized spacial score (nSPS) is 16.4. The van der Waals surface area contributed by atoms with Gasteiger partial charge in [0.05, 0.1) is 22.9 Å². The molecule has 6 nitrogen and oxygen atoms in total. The van der Waals surface area contributed by atoms with E-state index in [2.05, 4.69) is 15.2 Å². The summed E-state index contributed by atoms with van der Waals surface area (Å²) in [5, 5.41) is 3.84. The quantitative estimate of drug-likeness (QED) is 0.809. The number of fused-ring (bicyclic) bond motifs is 1. The highest BCUT2D eigenvalue weighted by atomic mass is 35.5. The molecule has 3 heterocycles. The molecule has 1 N–H and O–H groups in total. The number of carbonyl (C=O) groups excluding carboxylic acids is 1. The lowest BCUT2D eigenvalue weighted by atomic mass is 10.1. The van der Waals surface area contributed by atoms with Gasteiger partial charge in [-0.25, -0.2) is 14.8 Å². The van der Waals surface area contributed by atoms with Crippen LogP contribution in [0, 0.1) is 6.92 Å². The summed E-state index contributed by atoms with van der Waals surface area (Å²) in [7, 11) is 0. The Morgan fingerprint density at radius 3 is 2.67 bits per heavy atom. The van der Waals surface area contributed by atoms with E-state index in [9.17, 15) is 4.79 Å². The molecule has 142 valence electrons. The average Bonchev–Trinajstić information content (AvgIpc) is 3.17. The SMILES string of the molecule is Cc1nc2c(c(N3CCCC3)n1)CN(C(=O)Nc1ccc(Cl)cc1Cl)CC2. The Hall–Kier alpha value is -2.05. The molecular formula is C19H21Cl2N5O. The molecule has 0 aliphatic carbocycles. The zero-order chi connectivity index (χ0) is 19.0. The largest absolute Gasteiger partial charge is 0.356 e. The fourth-order valence-electron chi connectivity index (χ4n) is 3.67. The number of hydrogen-bond acceptors (Lipinski definition) is 4. The highest BCUT2D eigenvalue weighted by molar-refractivity contribution is 6.36. The predicted molar refractivity (Wildman–Crippen MR) is 108 cm³/mol. The van der Waals surface area contributed by atoms with Crippen LogP contribution in [-0.2, 0) is 13.0 Å². The topological polar surface area (TPSA) is 61.4 Å². The van der Waals surface area contributed by atoms with Gasteiger partial charge in [-0.2, -0.15) is 0 Å². The summed E-state index contributed by atoms with van der Waals surface area (Å²) < 4.78 is 0. The minimum atomic E-state index is -0.183. The van der Waals surface area contributed by atoms with E-state index in [4.69, 9.17) is 28.2 Å². The average molecular weight is 406 g/mol. The van der Waals surface area contributed by atoms with Gasteiger partial charge in [0.25, 0.3) is 0 Å². The second-order valence-electron chi connectivity index (χ2n) is 6.94. The fourth-order valence-corrected chi connectivity index (χ4v) is 4.12. The summed E-state index contributed by atoms with van der Waals surface area (Å²) in [6.45, 7) is 5.06. The second kappa shape index (κ2) is 7.52. The van der Waals surface area contributed by atoms with Crippen molar-refractivity contribution >= 4 is 40.7 Å². The van der Waals surface area contributed by atoms with Crippen LogP contribution in [0.25, 0.3) is 0 Å². The lowest BCUT2D eigenvalue weighted by Gasteiger charge is -2.31. The summed E-state index contributed by atoms with van der Waals surface area (Å²) in [5.74, 6) is 1.78. The number of amides is 2. The highest BCUT2D eigenvalue weighted by Crippen LogP contribution is 2.30. The molecule has 1 fully saturated rings. The summed E-state index contributed by atoms with van der Waals surface area (Å²) in [5.41, 5.74) is 2.67. The van der Waals surface area contributed by atoms with E-state index in [-0.39, 0.29) is 6.03 Å². The summed E-state index contributed by atoms with van der Waals surface area (Å²) >= 11 is 12.1. The maximum atomic E-state index is 12.8. The van der Waals surface area contributed by atoms with Crippen LogP contribution in [0.15, 0.2) is 18.2 Å². The molecule has 2 aromatic rings. The molecule has 1 aromatic heterocycles. The van der Waals surface area contributed by atoms with E-state index in [0.29, 0.717) is 28.8 Å². The van der Waals surface area contributed by atoms with E-state index in [0.717, 1.165) is 42.4 Å². The number of nitrogens with zero attached hydrogens (tertiary/aromatic N) is 4. The van der Waals surface area contributed by atoms with Crippen molar-refractivity contribution in [2.75, 3.05) is 29.9 Å². The molecule has 0 saturated carbocycles. The third-order valence-electron chi connectivity index (χ3n) is 5.02. The van der Waals surface area contributed by atoms with E-state index in [1.165, 1.54) is 12.8 Å². The molecule has 1 aromatic carbocycles. The van der Waals surface area contributed by atoms with Crippen LogP contribution in [0.4, 0.5) is 16.3 Å². The highest BCUT2D eigenvalue weighted by Gasteiger charge is 2.28. The van der Waals surface area contributed by atoms with Gasteiger partial charge in [-0.15, -0.1) is 0 Å². The lowest BCUT2D eigenvalue weighted by molar-refractivity contribution is 0.206. The van der Waals surface area contributed by atoms with Gasteiger partial charge in [0.2, 0.25) is 0 Å². The lowest BCUT2D eigenvalue weighted by Crippen LogP contribution is -2.40. The minimum Gasteiger partial charge on any atom is -0.356 e. The summed E-state index contributed by atoms with van der Waals surface area (Å²) in [6, 6.07) is 4.85. The zero-order valence-electron chi connectivity index (χ0n) is 15.1. The standard InChI is InChI=1S/C19H21Cl2N5O/c1-12-22-16-6-9-26(11-14(16)18(23-12)25-7-2-3-8-25)19(27)24-17-5-4-13(20)10-15(17)21/h4-5,10H,2-3,6-9,11H2,1H3,(H,24,27). The number of benzene rings is 1. The van der Waals surface area contributed by atoms with E-state index in [1.807, 2.05) is 6.92 Å². The Bertz CT molecular complexity index is 883. The van der Waals surface area contributed by atoms with Crippen LogP contribution < -0.4 is 10.2 Å². The number of nitrogens with one attached hydrogen (secondary N) is 1. The van der Waals surface area contributed by atoms with Gasteiger partial charge < -0.3 is 15.1 Å². The fraction of sp³-hybridized carbons (Fsp3) is 0.421. The molecule has 2 aliphatic rings. The Labute approximate surface area is 168 Å². The maximum Gasteiger partial charge on any atom is 0.322 e. The first-order chi connectivity index (χ1) is 13.0. The van der Waals surface area contributed by atoms with Crippen LogP contribution in [0.3, 0.4) is 0 Å². The molecule has 4 rings (SSSR count). The first-order valence-corrected chi connectivity index (χ1v) is 9.89. The summed E-state index contributed by atoms with van der Waals surface area (Å²) in [4.78, 5) is 26.2. The van der Waals surface area contributed by atoms with Crippen LogP contribution in [-0.4, -0.2) is 40.5 Å². The molecular weight excluding hydrogens is 385 g/mol. The predicted octanol–water partition coefficient (Wildman–Crippen LogP) is 4.28. The van der Waals surface area contributed by atoms with Crippen molar-refractivity contribution in [1.82, 2.24) is 14.9 Å². The molecule has 0 bridgehead atoms. The van der Waals surface area contributed by atoms with Crippen LogP contribution in [0.5, 0.6) is 0 Å². The number of rotatable bonds is 2. The van der Waals surface area contributed by atoms with Crippen molar-refractivity contribution in [1.29, 1.82) is 0 Å². The van der Waals surface area contributed by atoms with Crippen molar-refractivity contribution in [3.8, 4) is 0 Å². The Balaban J connectivity index is 1.56. The molecule has 0 radical (unpaired) electrons. The third-order valence-corrected chi connectivity index (χ3v) is 5.56. The van der Waals surface area contributed by atoms with E-state index >= 15 is 0 Å². The van der Waals surface area contributed by atoms with E-state index in [1.54, 1.807) is 23.1 Å². The van der Waals surface area contributed by atoms with Crippen LogP contribution in [0.2, 0.25) is 10.0 Å². The number of urea groups is 1. The monoisotopic (exact) mass is 405 g/mol. The van der Waals surface area contributed by atoms with Gasteiger partial charge in [0.1, 0.15) is 11.6 Å². The number of anilines is 2. The number of aromatic nitrogens is 2. The molecule has 27 heavy (non-hydrogen) atoms. The molecule has 8 heteroatoms. The molecule has 2 aliphatic heterocycles. The first-order valence-electron chi connectivity index (χ1n) is 9.13. The number of hydrogen-bond donors (Lipinski definition) is 1. The van der Waals surface area contributed by atoms with Gasteiger partial charge in [-0.3, -0.25) is 0 Å². The molecule has 1 saturated heterocycles. The second-order valence-corrected chi connectivity index (χ2v) is 7.78. The molecule has 0 spiro atoms. The van der Waals surface area contributed by atoms with Crippen molar-refractivity contribution in [3.05, 3.63) is 45.3 Å². The van der Waals surface area contributed by atoms with E-state index < -0.39 is 0 Å². The number of carbonyl (C=O) groups is 1. The van der Waals surface area contributed by atoms with Crippen molar-refractivity contribution < 1.29 is 4.79 Å². The van der Waals surface area contributed by atoms with Crippen molar-refractivity contribution in [3.63, 3.8) is 0 Å². The van der Waals surface area contributed by atoms with Gasteiger partial charge in [0, 0.05) is 36.6 Å². The zero-order valence-corrected chi connectivity index (χ0v) is 16.6. The Morgan fingerprint density at radius 2 is 1.93 bits per heavy atom. The summed E-state index contributed by atoms with van der Waals surface area (Å²) in [6.07, 6.45) is 3.08. The molecule has 0 unspecified atom stereocenters. The maximum absolute atomic E-state index is 12.8. The van der Waals surface area contributed by atoms with Crippen LogP contribution in [0.1, 0.15) is 29.9 Å². The Morgan fingerprint density at radius 1 is 1.15 bits per heavy atom. The number of halogens is 2. The van der Waals surface area contributed by atoms with Gasteiger partial charge in [-0.1, -0.05) is 23.2 Å². The minimum absolute atomic E-state index is 0.183. The van der Waals surface area contributed by atoms with Crippen molar-refractivity contribution in [2.24, 2.45) is 0 Å². The molecule has 2 amide bonds. The molecule has 0 atom stereocenters.